The van der Waals surface area contributed by atoms with Crippen molar-refractivity contribution in [3.63, 3.8) is 0 Å². The molecule has 0 aliphatic heterocycles. The zero-order chi connectivity index (χ0) is 19.2. The summed E-state index contributed by atoms with van der Waals surface area (Å²) in [5.41, 5.74) is 3.51. The molecule has 4 nitrogen and oxygen atoms in total. The van der Waals surface area contributed by atoms with Gasteiger partial charge in [-0.1, -0.05) is 60.7 Å². The van der Waals surface area contributed by atoms with Gasteiger partial charge >= 0.3 is 0 Å². The second-order valence-corrected chi connectivity index (χ2v) is 7.22. The Kier molecular flexibility index (Phi) is 6.07. The molecule has 1 heterocycles. The van der Waals surface area contributed by atoms with E-state index in [-0.39, 0.29) is 0 Å². The van der Waals surface area contributed by atoms with Crippen LogP contribution in [0.1, 0.15) is 30.7 Å². The molecule has 0 aliphatic carbocycles. The Morgan fingerprint density at radius 2 is 1.37 bits per heavy atom. The van der Waals surface area contributed by atoms with E-state index in [1.54, 1.807) is 0 Å². The van der Waals surface area contributed by atoms with Crippen molar-refractivity contribution >= 4 is 11.8 Å². The Labute approximate surface area is 162 Å². The van der Waals surface area contributed by atoms with Gasteiger partial charge in [0, 0.05) is 37.9 Å². The van der Waals surface area contributed by atoms with E-state index in [1.165, 1.54) is 11.1 Å². The summed E-state index contributed by atoms with van der Waals surface area (Å²) in [6.07, 6.45) is 0. The van der Waals surface area contributed by atoms with Gasteiger partial charge in [-0.3, -0.25) is 0 Å². The second kappa shape index (κ2) is 8.67. The maximum atomic E-state index is 4.89. The molecule has 0 saturated heterocycles. The highest BCUT2D eigenvalue weighted by Crippen LogP contribution is 2.21. The van der Waals surface area contributed by atoms with Gasteiger partial charge in [0.15, 0.2) is 0 Å². The maximum absolute atomic E-state index is 4.89. The van der Waals surface area contributed by atoms with Crippen molar-refractivity contribution in [1.29, 1.82) is 0 Å². The van der Waals surface area contributed by atoms with E-state index in [2.05, 4.69) is 79.2 Å². The summed E-state index contributed by atoms with van der Waals surface area (Å²) in [7, 11) is 2.08. The summed E-state index contributed by atoms with van der Waals surface area (Å²) >= 11 is 0. The van der Waals surface area contributed by atoms with E-state index in [4.69, 9.17) is 9.97 Å². The molecule has 0 fully saturated rings. The molecule has 1 aromatic heterocycles. The molecular formula is C23H28N4. The zero-order valence-corrected chi connectivity index (χ0v) is 16.6. The Morgan fingerprint density at radius 1 is 0.815 bits per heavy atom. The van der Waals surface area contributed by atoms with Crippen LogP contribution in [0, 0.1) is 6.92 Å². The Bertz CT molecular complexity index is 847. The van der Waals surface area contributed by atoms with Crippen LogP contribution < -0.4 is 9.80 Å². The highest BCUT2D eigenvalue weighted by Gasteiger charge is 2.17. The van der Waals surface area contributed by atoms with Gasteiger partial charge < -0.3 is 9.80 Å². The quantitative estimate of drug-likeness (QED) is 0.604. The van der Waals surface area contributed by atoms with Crippen LogP contribution in [0.15, 0.2) is 66.7 Å². The van der Waals surface area contributed by atoms with Crippen LogP contribution in [0.25, 0.3) is 0 Å². The molecule has 3 aromatic rings. The SMILES string of the molecule is Cc1cc(N(C)Cc2ccccc2)nc(N(Cc2ccccc2)C(C)C)n1. The molecule has 0 saturated carbocycles. The molecule has 2 aromatic carbocycles. The van der Waals surface area contributed by atoms with Gasteiger partial charge in [-0.05, 0) is 31.9 Å². The number of anilines is 2. The van der Waals surface area contributed by atoms with Gasteiger partial charge in [0.1, 0.15) is 5.82 Å². The van der Waals surface area contributed by atoms with E-state index in [0.717, 1.165) is 30.5 Å². The molecule has 0 unspecified atom stereocenters. The standard InChI is InChI=1S/C23H28N4/c1-18(2)27(17-21-13-9-6-10-14-21)23-24-19(3)15-22(25-23)26(4)16-20-11-7-5-8-12-20/h5-15,18H,16-17H2,1-4H3. The first-order valence-corrected chi connectivity index (χ1v) is 9.44. The largest absolute Gasteiger partial charge is 0.355 e. The molecule has 3 rings (SSSR count). The van der Waals surface area contributed by atoms with E-state index >= 15 is 0 Å². The van der Waals surface area contributed by atoms with Gasteiger partial charge in [-0.15, -0.1) is 0 Å². The summed E-state index contributed by atoms with van der Waals surface area (Å²) in [6.45, 7) is 8.01. The monoisotopic (exact) mass is 360 g/mol. The van der Waals surface area contributed by atoms with Crippen molar-refractivity contribution < 1.29 is 0 Å². The predicted octanol–water partition coefficient (Wildman–Crippen LogP) is 4.84. The predicted molar refractivity (Wildman–Crippen MR) is 113 cm³/mol. The van der Waals surface area contributed by atoms with Crippen LogP contribution in [0.2, 0.25) is 0 Å². The lowest BCUT2D eigenvalue weighted by Crippen LogP contribution is -2.32. The number of benzene rings is 2. The minimum Gasteiger partial charge on any atom is -0.355 e. The topological polar surface area (TPSA) is 32.3 Å². The summed E-state index contributed by atoms with van der Waals surface area (Å²) in [6, 6.07) is 23.3. The van der Waals surface area contributed by atoms with Crippen molar-refractivity contribution in [1.82, 2.24) is 9.97 Å². The number of aryl methyl sites for hydroxylation is 1. The number of rotatable bonds is 7. The van der Waals surface area contributed by atoms with Gasteiger partial charge in [0.2, 0.25) is 5.95 Å². The number of aromatic nitrogens is 2. The summed E-state index contributed by atoms with van der Waals surface area (Å²) in [5.74, 6) is 1.73. The fourth-order valence-corrected chi connectivity index (χ4v) is 3.06. The normalized spacial score (nSPS) is 10.9. The average molecular weight is 361 g/mol. The average Bonchev–Trinajstić information content (AvgIpc) is 2.67. The van der Waals surface area contributed by atoms with Crippen LogP contribution in [-0.4, -0.2) is 23.1 Å². The van der Waals surface area contributed by atoms with Crippen LogP contribution in [0.4, 0.5) is 11.8 Å². The minimum atomic E-state index is 0.305. The summed E-state index contributed by atoms with van der Waals surface area (Å²) in [4.78, 5) is 14.0. The molecule has 0 spiro atoms. The van der Waals surface area contributed by atoms with Crippen molar-refractivity contribution in [3.05, 3.63) is 83.6 Å². The lowest BCUT2D eigenvalue weighted by atomic mass is 10.2. The van der Waals surface area contributed by atoms with Gasteiger partial charge in [0.05, 0.1) is 0 Å². The Morgan fingerprint density at radius 3 is 1.93 bits per heavy atom. The number of hydrogen-bond acceptors (Lipinski definition) is 4. The second-order valence-electron chi connectivity index (χ2n) is 7.22. The van der Waals surface area contributed by atoms with Gasteiger partial charge in [-0.2, -0.15) is 4.98 Å². The van der Waals surface area contributed by atoms with E-state index in [9.17, 15) is 0 Å². The lowest BCUT2D eigenvalue weighted by molar-refractivity contribution is 0.658. The molecular weight excluding hydrogens is 332 g/mol. The van der Waals surface area contributed by atoms with Gasteiger partial charge in [-0.25, -0.2) is 4.98 Å². The molecule has 27 heavy (non-hydrogen) atoms. The van der Waals surface area contributed by atoms with E-state index in [0.29, 0.717) is 6.04 Å². The molecule has 0 aliphatic rings. The van der Waals surface area contributed by atoms with Crippen LogP contribution in [-0.2, 0) is 13.1 Å². The highest BCUT2D eigenvalue weighted by molar-refractivity contribution is 5.46. The summed E-state index contributed by atoms with van der Waals surface area (Å²) < 4.78 is 0. The first-order chi connectivity index (χ1) is 13.0. The minimum absolute atomic E-state index is 0.305. The zero-order valence-electron chi connectivity index (χ0n) is 16.6. The Balaban J connectivity index is 1.86. The summed E-state index contributed by atoms with van der Waals surface area (Å²) in [5, 5.41) is 0. The number of hydrogen-bond donors (Lipinski definition) is 0. The fourth-order valence-electron chi connectivity index (χ4n) is 3.06. The first-order valence-electron chi connectivity index (χ1n) is 9.44. The van der Waals surface area contributed by atoms with Crippen molar-refractivity contribution in [3.8, 4) is 0 Å². The number of nitrogens with zero attached hydrogens (tertiary/aromatic N) is 4. The smallest absolute Gasteiger partial charge is 0.228 e. The van der Waals surface area contributed by atoms with Crippen LogP contribution in [0.5, 0.6) is 0 Å². The Hall–Kier alpha value is -2.88. The first kappa shape index (κ1) is 18.9. The fraction of sp³-hybridized carbons (Fsp3) is 0.304. The molecule has 0 radical (unpaired) electrons. The molecule has 140 valence electrons. The van der Waals surface area contributed by atoms with Crippen molar-refractivity contribution in [2.45, 2.75) is 39.9 Å². The maximum Gasteiger partial charge on any atom is 0.228 e. The van der Waals surface area contributed by atoms with Crippen LogP contribution >= 0.6 is 0 Å². The lowest BCUT2D eigenvalue weighted by Gasteiger charge is -2.28. The molecule has 0 N–H and O–H groups in total. The van der Waals surface area contributed by atoms with Gasteiger partial charge in [0.25, 0.3) is 0 Å². The highest BCUT2D eigenvalue weighted by atomic mass is 15.3. The molecule has 4 heteroatoms. The van der Waals surface area contributed by atoms with E-state index < -0.39 is 0 Å². The third kappa shape index (κ3) is 5.07. The van der Waals surface area contributed by atoms with E-state index in [1.807, 2.05) is 25.1 Å². The van der Waals surface area contributed by atoms with Crippen LogP contribution in [0.3, 0.4) is 0 Å². The molecule has 0 atom stereocenters. The third-order valence-corrected chi connectivity index (χ3v) is 4.56. The van der Waals surface area contributed by atoms with Crippen molar-refractivity contribution in [2.24, 2.45) is 0 Å². The van der Waals surface area contributed by atoms with Crippen molar-refractivity contribution in [2.75, 3.05) is 16.8 Å². The third-order valence-electron chi connectivity index (χ3n) is 4.56. The molecule has 0 bridgehead atoms. The molecule has 0 amide bonds.